The molecule has 3 aromatic rings. The second-order valence-electron chi connectivity index (χ2n) is 6.12. The number of thioether (sulfide) groups is 1. The number of rotatable bonds is 9. The lowest BCUT2D eigenvalue weighted by atomic mass is 10.1. The smallest absolute Gasteiger partial charge is 0.277 e. The lowest BCUT2D eigenvalue weighted by Crippen LogP contribution is -2.32. The molecular weight excluding hydrogens is 374 g/mol. The van der Waals surface area contributed by atoms with Crippen molar-refractivity contribution in [2.45, 2.75) is 30.7 Å². The van der Waals surface area contributed by atoms with Crippen molar-refractivity contribution >= 4 is 17.7 Å². The van der Waals surface area contributed by atoms with Crippen LogP contribution in [0.25, 0.3) is 11.5 Å². The molecular formula is C21H23N3O3S. The van der Waals surface area contributed by atoms with Gasteiger partial charge in [0.2, 0.25) is 11.8 Å². The van der Waals surface area contributed by atoms with Gasteiger partial charge in [-0.3, -0.25) is 4.79 Å². The quantitative estimate of drug-likeness (QED) is 0.551. The number of nitrogens with one attached hydrogen (secondary N) is 1. The maximum absolute atomic E-state index is 12.3. The summed E-state index contributed by atoms with van der Waals surface area (Å²) >= 11 is 1.25. The van der Waals surface area contributed by atoms with E-state index in [4.69, 9.17) is 9.15 Å². The topological polar surface area (TPSA) is 77.2 Å². The van der Waals surface area contributed by atoms with Crippen molar-refractivity contribution < 1.29 is 13.9 Å². The summed E-state index contributed by atoms with van der Waals surface area (Å²) in [5, 5.41) is 11.1. The highest BCUT2D eigenvalue weighted by Gasteiger charge is 2.18. The number of amides is 1. The molecule has 0 aliphatic carbocycles. The van der Waals surface area contributed by atoms with Crippen LogP contribution in [0.2, 0.25) is 0 Å². The average molecular weight is 398 g/mol. The fourth-order valence-electron chi connectivity index (χ4n) is 2.56. The molecule has 0 bridgehead atoms. The third kappa shape index (κ3) is 5.60. The van der Waals surface area contributed by atoms with Gasteiger partial charge in [0.05, 0.1) is 11.9 Å². The Morgan fingerprint density at radius 2 is 1.89 bits per heavy atom. The molecule has 0 aliphatic heterocycles. The van der Waals surface area contributed by atoms with Gasteiger partial charge in [0.1, 0.15) is 5.75 Å². The van der Waals surface area contributed by atoms with Crippen molar-refractivity contribution in [3.63, 3.8) is 0 Å². The van der Waals surface area contributed by atoms with Gasteiger partial charge in [-0.2, -0.15) is 0 Å². The molecule has 1 amide bonds. The Hall–Kier alpha value is -2.80. The second-order valence-corrected chi connectivity index (χ2v) is 7.41. The molecule has 3 rings (SSSR count). The van der Waals surface area contributed by atoms with Gasteiger partial charge in [-0.1, -0.05) is 42.1 Å². The Morgan fingerprint density at radius 3 is 2.61 bits per heavy atom. The second kappa shape index (κ2) is 9.94. The standard InChI is InChI=1S/C21H23N3O3S/c1-3-26-18-11-9-17(10-12-18)20-23-24-21(27-20)28-15(2)19(25)22-14-13-16-7-5-4-6-8-16/h4-12,15H,3,13-14H2,1-2H3,(H,22,25)/t15-/m0/s1. The van der Waals surface area contributed by atoms with Crippen molar-refractivity contribution in [1.82, 2.24) is 15.5 Å². The molecule has 6 nitrogen and oxygen atoms in total. The highest BCUT2D eigenvalue weighted by molar-refractivity contribution is 8.00. The largest absolute Gasteiger partial charge is 0.494 e. The van der Waals surface area contributed by atoms with Gasteiger partial charge in [-0.15, -0.1) is 10.2 Å². The Bertz CT molecular complexity index is 881. The molecule has 0 spiro atoms. The zero-order chi connectivity index (χ0) is 19.8. The van der Waals surface area contributed by atoms with Gasteiger partial charge in [0, 0.05) is 12.1 Å². The minimum atomic E-state index is -0.329. The number of aromatic nitrogens is 2. The zero-order valence-electron chi connectivity index (χ0n) is 15.9. The predicted molar refractivity (Wildman–Crippen MR) is 109 cm³/mol. The van der Waals surface area contributed by atoms with E-state index in [0.717, 1.165) is 17.7 Å². The van der Waals surface area contributed by atoms with Crippen LogP contribution in [0.3, 0.4) is 0 Å². The fraction of sp³-hybridized carbons (Fsp3) is 0.286. The Kier molecular flexibility index (Phi) is 7.08. The molecule has 0 unspecified atom stereocenters. The molecule has 0 radical (unpaired) electrons. The Morgan fingerprint density at radius 1 is 1.14 bits per heavy atom. The molecule has 0 saturated carbocycles. The maximum atomic E-state index is 12.3. The first-order chi connectivity index (χ1) is 13.7. The van der Waals surface area contributed by atoms with Gasteiger partial charge in [-0.25, -0.2) is 0 Å². The first-order valence-corrected chi connectivity index (χ1v) is 10.1. The number of hydrogen-bond donors (Lipinski definition) is 1. The normalized spacial score (nSPS) is 11.8. The van der Waals surface area contributed by atoms with Crippen molar-refractivity contribution in [2.75, 3.05) is 13.2 Å². The van der Waals surface area contributed by atoms with Crippen molar-refractivity contribution in [2.24, 2.45) is 0 Å². The van der Waals surface area contributed by atoms with Crippen molar-refractivity contribution in [1.29, 1.82) is 0 Å². The number of benzene rings is 2. The summed E-state index contributed by atoms with van der Waals surface area (Å²) in [5.74, 6) is 1.16. The molecule has 0 saturated heterocycles. The van der Waals surface area contributed by atoms with Crippen LogP contribution in [0.5, 0.6) is 5.75 Å². The van der Waals surface area contributed by atoms with E-state index in [1.54, 1.807) is 0 Å². The summed E-state index contributed by atoms with van der Waals surface area (Å²) in [5.41, 5.74) is 2.00. The number of carbonyl (C=O) groups is 1. The molecule has 0 aliphatic rings. The summed E-state index contributed by atoms with van der Waals surface area (Å²) in [6.45, 7) is 4.97. The summed E-state index contributed by atoms with van der Waals surface area (Å²) in [6.07, 6.45) is 0.798. The monoisotopic (exact) mass is 397 g/mol. The molecule has 7 heteroatoms. The lowest BCUT2D eigenvalue weighted by Gasteiger charge is -2.09. The van der Waals surface area contributed by atoms with Crippen molar-refractivity contribution in [3.05, 3.63) is 60.2 Å². The maximum Gasteiger partial charge on any atom is 0.277 e. The molecule has 1 atom stereocenters. The van der Waals surface area contributed by atoms with Crippen LogP contribution in [0.15, 0.2) is 64.2 Å². The van der Waals surface area contributed by atoms with Gasteiger partial charge in [0.25, 0.3) is 5.22 Å². The lowest BCUT2D eigenvalue weighted by molar-refractivity contribution is -0.120. The van der Waals surface area contributed by atoms with E-state index < -0.39 is 0 Å². The molecule has 146 valence electrons. The van der Waals surface area contributed by atoms with Crippen LogP contribution in [0.1, 0.15) is 19.4 Å². The average Bonchev–Trinajstić information content (AvgIpc) is 3.18. The summed E-state index contributed by atoms with van der Waals surface area (Å²) in [6, 6.07) is 17.5. The van der Waals surface area contributed by atoms with Gasteiger partial charge in [-0.05, 0) is 50.1 Å². The Labute approximate surface area is 168 Å². The minimum Gasteiger partial charge on any atom is -0.494 e. The van der Waals surface area contributed by atoms with Crippen LogP contribution in [-0.4, -0.2) is 34.5 Å². The van der Waals surface area contributed by atoms with E-state index in [1.165, 1.54) is 17.3 Å². The molecule has 28 heavy (non-hydrogen) atoms. The van der Waals surface area contributed by atoms with Gasteiger partial charge in [0.15, 0.2) is 0 Å². The van der Waals surface area contributed by atoms with Crippen LogP contribution < -0.4 is 10.1 Å². The molecule has 0 fully saturated rings. The highest BCUT2D eigenvalue weighted by Crippen LogP contribution is 2.27. The number of hydrogen-bond acceptors (Lipinski definition) is 6. The van der Waals surface area contributed by atoms with Gasteiger partial charge < -0.3 is 14.5 Å². The third-order valence-corrected chi connectivity index (χ3v) is 4.96. The first-order valence-electron chi connectivity index (χ1n) is 9.20. The van der Waals surface area contributed by atoms with Crippen LogP contribution in [0.4, 0.5) is 0 Å². The highest BCUT2D eigenvalue weighted by atomic mass is 32.2. The molecule has 1 heterocycles. The van der Waals surface area contributed by atoms with E-state index in [-0.39, 0.29) is 11.2 Å². The van der Waals surface area contributed by atoms with E-state index >= 15 is 0 Å². The van der Waals surface area contributed by atoms with E-state index in [2.05, 4.69) is 15.5 Å². The third-order valence-electron chi connectivity index (χ3n) is 4.02. The molecule has 2 aromatic carbocycles. The fourth-order valence-corrected chi connectivity index (χ4v) is 3.27. The van der Waals surface area contributed by atoms with Crippen LogP contribution >= 0.6 is 11.8 Å². The summed E-state index contributed by atoms with van der Waals surface area (Å²) in [7, 11) is 0. The predicted octanol–water partition coefficient (Wildman–Crippen LogP) is 3.97. The number of ether oxygens (including phenoxy) is 1. The molecule has 1 N–H and O–H groups in total. The van der Waals surface area contributed by atoms with E-state index in [1.807, 2.05) is 68.4 Å². The number of carbonyl (C=O) groups excluding carboxylic acids is 1. The first kappa shape index (κ1) is 19.9. The number of nitrogens with zero attached hydrogens (tertiary/aromatic N) is 2. The Balaban J connectivity index is 1.50. The van der Waals surface area contributed by atoms with E-state index in [9.17, 15) is 4.79 Å². The minimum absolute atomic E-state index is 0.0539. The van der Waals surface area contributed by atoms with Gasteiger partial charge >= 0.3 is 0 Å². The van der Waals surface area contributed by atoms with Crippen molar-refractivity contribution in [3.8, 4) is 17.2 Å². The van der Waals surface area contributed by atoms with Crippen LogP contribution in [0, 0.1) is 0 Å². The molecule has 1 aromatic heterocycles. The zero-order valence-corrected chi connectivity index (χ0v) is 16.7. The summed E-state index contributed by atoms with van der Waals surface area (Å²) in [4.78, 5) is 12.3. The SMILES string of the molecule is CCOc1ccc(-c2nnc(S[C@@H](C)C(=O)NCCc3ccccc3)o2)cc1. The van der Waals surface area contributed by atoms with Crippen LogP contribution in [-0.2, 0) is 11.2 Å². The van der Waals surface area contributed by atoms with E-state index in [0.29, 0.717) is 24.3 Å². The summed E-state index contributed by atoms with van der Waals surface area (Å²) < 4.78 is 11.1.